The van der Waals surface area contributed by atoms with Gasteiger partial charge in [0.1, 0.15) is 30.2 Å². The van der Waals surface area contributed by atoms with Crippen LogP contribution in [0.2, 0.25) is 0 Å². The van der Waals surface area contributed by atoms with Crippen molar-refractivity contribution >= 4 is 34.6 Å². The molecule has 4 aromatic rings. The lowest BCUT2D eigenvalue weighted by atomic mass is 9.99. The Morgan fingerprint density at radius 3 is 2.03 bits per heavy atom. The summed E-state index contributed by atoms with van der Waals surface area (Å²) in [5, 5.41) is 1.25. The van der Waals surface area contributed by atoms with Gasteiger partial charge in [0.15, 0.2) is 0 Å². The van der Waals surface area contributed by atoms with Crippen LogP contribution in [-0.4, -0.2) is 24.7 Å². The zero-order valence-electron chi connectivity index (χ0n) is 20.2. The third-order valence-corrected chi connectivity index (χ3v) is 6.20. The molecule has 0 saturated carbocycles. The fourth-order valence-electron chi connectivity index (χ4n) is 4.51. The molecule has 4 aromatic carbocycles. The summed E-state index contributed by atoms with van der Waals surface area (Å²) in [5.41, 5.74) is 1.23. The van der Waals surface area contributed by atoms with Gasteiger partial charge in [-0.3, -0.25) is 9.59 Å². The Balaban J connectivity index is 1.69. The summed E-state index contributed by atoms with van der Waals surface area (Å²) in [6.07, 6.45) is 1.38. The molecule has 0 fully saturated rings. The SMILES string of the molecule is CCCOc1c2c(c(OCc3ccccc3)c3ccccc13)C(=O)N(c1ccc(CC=O)cc1F)C2=O. The van der Waals surface area contributed by atoms with E-state index in [1.54, 1.807) is 0 Å². The number of ether oxygens (including phenoxy) is 2. The van der Waals surface area contributed by atoms with Crippen LogP contribution >= 0.6 is 0 Å². The third-order valence-electron chi connectivity index (χ3n) is 6.20. The van der Waals surface area contributed by atoms with Crippen LogP contribution in [0, 0.1) is 5.82 Å². The standard InChI is InChI=1S/C30H24FNO5/c1-2-16-36-27-21-10-6-7-11-22(21)28(37-18-20-8-4-3-5-9-20)26-25(27)29(34)32(30(26)35)24-13-12-19(14-15-33)17-23(24)31/h3-13,15,17H,2,14,16,18H2,1H3. The van der Waals surface area contributed by atoms with Gasteiger partial charge in [-0.2, -0.15) is 0 Å². The van der Waals surface area contributed by atoms with Crippen LogP contribution in [0.5, 0.6) is 11.5 Å². The van der Waals surface area contributed by atoms with Gasteiger partial charge >= 0.3 is 0 Å². The Morgan fingerprint density at radius 2 is 1.43 bits per heavy atom. The van der Waals surface area contributed by atoms with Crippen molar-refractivity contribution in [3.8, 4) is 11.5 Å². The van der Waals surface area contributed by atoms with Gasteiger partial charge < -0.3 is 14.3 Å². The topological polar surface area (TPSA) is 72.9 Å². The molecule has 0 N–H and O–H groups in total. The van der Waals surface area contributed by atoms with Gasteiger partial charge in [-0.25, -0.2) is 9.29 Å². The molecule has 0 radical (unpaired) electrons. The summed E-state index contributed by atoms with van der Waals surface area (Å²) in [4.78, 5) is 39.3. The zero-order valence-corrected chi connectivity index (χ0v) is 20.2. The van der Waals surface area contributed by atoms with Gasteiger partial charge in [0.2, 0.25) is 0 Å². The van der Waals surface area contributed by atoms with Crippen LogP contribution < -0.4 is 14.4 Å². The fourth-order valence-corrected chi connectivity index (χ4v) is 4.51. The van der Waals surface area contributed by atoms with E-state index in [1.165, 1.54) is 12.1 Å². The minimum Gasteiger partial charge on any atom is -0.492 e. The number of rotatable bonds is 9. The van der Waals surface area contributed by atoms with Crippen molar-refractivity contribution in [1.82, 2.24) is 0 Å². The first-order valence-electron chi connectivity index (χ1n) is 12.0. The van der Waals surface area contributed by atoms with Crippen molar-refractivity contribution in [1.29, 1.82) is 0 Å². The highest BCUT2D eigenvalue weighted by Crippen LogP contribution is 2.46. The summed E-state index contributed by atoms with van der Waals surface area (Å²) in [7, 11) is 0. The van der Waals surface area contributed by atoms with Crippen LogP contribution in [0.1, 0.15) is 45.2 Å². The molecule has 0 bridgehead atoms. The van der Waals surface area contributed by atoms with E-state index in [0.717, 1.165) is 16.5 Å². The predicted molar refractivity (Wildman–Crippen MR) is 138 cm³/mol. The molecule has 0 spiro atoms. The molecule has 1 aliphatic heterocycles. The van der Waals surface area contributed by atoms with Crippen LogP contribution in [0.4, 0.5) is 10.1 Å². The van der Waals surface area contributed by atoms with Crippen LogP contribution in [-0.2, 0) is 17.8 Å². The highest BCUT2D eigenvalue weighted by molar-refractivity contribution is 6.38. The van der Waals surface area contributed by atoms with Crippen LogP contribution in [0.3, 0.4) is 0 Å². The van der Waals surface area contributed by atoms with Crippen molar-refractivity contribution in [2.45, 2.75) is 26.4 Å². The van der Waals surface area contributed by atoms with E-state index in [2.05, 4.69) is 0 Å². The molecule has 1 aliphatic rings. The maximum Gasteiger partial charge on any atom is 0.270 e. The lowest BCUT2D eigenvalue weighted by Crippen LogP contribution is -2.30. The first-order chi connectivity index (χ1) is 18.0. The monoisotopic (exact) mass is 497 g/mol. The molecule has 0 aliphatic carbocycles. The molecule has 7 heteroatoms. The van der Waals surface area contributed by atoms with Crippen molar-refractivity contribution in [3.05, 3.63) is 101 Å². The molecular formula is C30H24FNO5. The molecule has 0 atom stereocenters. The number of aldehydes is 1. The molecule has 0 unspecified atom stereocenters. The van der Waals surface area contributed by atoms with E-state index in [1.807, 2.05) is 61.5 Å². The van der Waals surface area contributed by atoms with E-state index in [0.29, 0.717) is 35.6 Å². The molecular weight excluding hydrogens is 473 g/mol. The number of imide groups is 1. The summed E-state index contributed by atoms with van der Waals surface area (Å²) in [6, 6.07) is 20.7. The van der Waals surface area contributed by atoms with E-state index in [-0.39, 0.29) is 41.3 Å². The predicted octanol–water partition coefficient (Wildman–Crippen LogP) is 5.89. The van der Waals surface area contributed by atoms with E-state index in [4.69, 9.17) is 9.47 Å². The maximum atomic E-state index is 15.1. The molecule has 2 amide bonds. The number of amides is 2. The zero-order chi connectivity index (χ0) is 25.9. The molecule has 0 saturated heterocycles. The average molecular weight is 498 g/mol. The number of fused-ring (bicyclic) bond motifs is 2. The fraction of sp³-hybridized carbons (Fsp3) is 0.167. The Kier molecular flexibility index (Phi) is 6.68. The molecule has 1 heterocycles. The van der Waals surface area contributed by atoms with Gasteiger partial charge in [0.05, 0.1) is 23.4 Å². The first-order valence-corrected chi connectivity index (χ1v) is 12.0. The molecule has 0 aromatic heterocycles. The molecule has 186 valence electrons. The van der Waals surface area contributed by atoms with Crippen molar-refractivity contribution in [2.75, 3.05) is 11.5 Å². The number of hydrogen-bond donors (Lipinski definition) is 0. The van der Waals surface area contributed by atoms with Crippen molar-refractivity contribution < 1.29 is 28.2 Å². The number of nitrogens with zero attached hydrogens (tertiary/aromatic N) is 1. The highest BCUT2D eigenvalue weighted by Gasteiger charge is 2.44. The van der Waals surface area contributed by atoms with Gasteiger partial charge in [-0.15, -0.1) is 0 Å². The Bertz CT molecular complexity index is 1520. The number of anilines is 1. The number of carbonyl (C=O) groups is 3. The van der Waals surface area contributed by atoms with Gasteiger partial charge in [0.25, 0.3) is 11.8 Å². The van der Waals surface area contributed by atoms with E-state index >= 15 is 4.39 Å². The largest absolute Gasteiger partial charge is 0.492 e. The highest BCUT2D eigenvalue weighted by atomic mass is 19.1. The molecule has 6 nitrogen and oxygen atoms in total. The smallest absolute Gasteiger partial charge is 0.270 e. The van der Waals surface area contributed by atoms with Crippen LogP contribution in [0.15, 0.2) is 72.8 Å². The summed E-state index contributed by atoms with van der Waals surface area (Å²) in [6.45, 7) is 2.44. The second-order valence-corrected chi connectivity index (χ2v) is 8.68. The van der Waals surface area contributed by atoms with Gasteiger partial charge in [0, 0.05) is 17.2 Å². The van der Waals surface area contributed by atoms with E-state index in [9.17, 15) is 14.4 Å². The molecule has 37 heavy (non-hydrogen) atoms. The van der Waals surface area contributed by atoms with Crippen LogP contribution in [0.25, 0.3) is 10.8 Å². The van der Waals surface area contributed by atoms with Crippen molar-refractivity contribution in [3.63, 3.8) is 0 Å². The second kappa shape index (κ2) is 10.2. The minimum atomic E-state index is -0.777. The summed E-state index contributed by atoms with van der Waals surface area (Å²) < 4.78 is 27.4. The van der Waals surface area contributed by atoms with Gasteiger partial charge in [-0.1, -0.05) is 67.6 Å². The Morgan fingerprint density at radius 1 is 0.811 bits per heavy atom. The maximum absolute atomic E-state index is 15.1. The van der Waals surface area contributed by atoms with E-state index < -0.39 is 17.6 Å². The second-order valence-electron chi connectivity index (χ2n) is 8.68. The lowest BCUT2D eigenvalue weighted by molar-refractivity contribution is -0.107. The summed E-state index contributed by atoms with van der Waals surface area (Å²) >= 11 is 0. The quantitative estimate of drug-likeness (QED) is 0.213. The third kappa shape index (κ3) is 4.33. The number of halogens is 1. The van der Waals surface area contributed by atoms with Gasteiger partial charge in [-0.05, 0) is 29.7 Å². The minimum absolute atomic E-state index is 0.0250. The number of benzene rings is 4. The Labute approximate surface area is 213 Å². The Hall–Kier alpha value is -4.52. The summed E-state index contributed by atoms with van der Waals surface area (Å²) in [5.74, 6) is -1.64. The number of carbonyl (C=O) groups excluding carboxylic acids is 3. The number of hydrogen-bond acceptors (Lipinski definition) is 5. The normalized spacial score (nSPS) is 12.6. The molecule has 5 rings (SSSR count). The first kappa shape index (κ1) is 24.2. The lowest BCUT2D eigenvalue weighted by Gasteiger charge is -2.17. The average Bonchev–Trinajstić information content (AvgIpc) is 3.17. The van der Waals surface area contributed by atoms with Crippen molar-refractivity contribution in [2.24, 2.45) is 0 Å².